The summed E-state index contributed by atoms with van der Waals surface area (Å²) in [6, 6.07) is 16.2. The van der Waals surface area contributed by atoms with Crippen molar-refractivity contribution in [3.63, 3.8) is 0 Å². The van der Waals surface area contributed by atoms with E-state index in [1.54, 1.807) is 64.4 Å². The summed E-state index contributed by atoms with van der Waals surface area (Å²) in [4.78, 5) is 82.0. The van der Waals surface area contributed by atoms with Gasteiger partial charge in [0.1, 0.15) is 29.4 Å². The van der Waals surface area contributed by atoms with Gasteiger partial charge < -0.3 is 44.3 Å². The maximum atomic E-state index is 14.7. The maximum Gasteiger partial charge on any atom is 0.247 e. The Kier molecular flexibility index (Phi) is 18.3. The van der Waals surface area contributed by atoms with Crippen molar-refractivity contribution in [1.29, 1.82) is 0 Å². The standard InChI is InChI=1S/C49H62Cl2N8O7/c1-10-11-35-23-46(61)59(28-36-14-19-38(51)24-43(36)66-40-20-15-34(16-21-40)42-27-52-44(58(42)8)29-55(4)5)32(3)47(62)54-41(30-65-9)49(64)57(7)39(22-33-12-17-37(50)18-13-33)25-45(60)53-26-31(2)56(6)48(35)63/h10,12-21,24,27,31-32,35,39,41H,1,11,22-23,25-26,28-30H2,2-9H3,(H,53,60)(H,54,62)/t31-,32-,35+,39-,41-/m0/s1. The Morgan fingerprint density at radius 1 is 0.894 bits per heavy atom. The lowest BCUT2D eigenvalue weighted by atomic mass is 9.97. The number of benzene rings is 3. The number of nitrogens with zero attached hydrogens (tertiary/aromatic N) is 6. The zero-order valence-electron chi connectivity index (χ0n) is 39.1. The number of rotatable bonds is 13. The topological polar surface area (TPSA) is 159 Å². The van der Waals surface area contributed by atoms with Gasteiger partial charge >= 0.3 is 0 Å². The number of methoxy groups -OCH3 is 1. The number of carbonyl (C=O) groups excluding carboxylic acids is 5. The molecule has 3 aromatic carbocycles. The molecule has 0 radical (unpaired) electrons. The molecule has 5 atom stereocenters. The van der Waals surface area contributed by atoms with Crippen LogP contribution >= 0.6 is 23.2 Å². The van der Waals surface area contributed by atoms with Crippen LogP contribution in [0.15, 0.2) is 85.6 Å². The molecule has 66 heavy (non-hydrogen) atoms. The number of amides is 5. The van der Waals surface area contributed by atoms with Crippen molar-refractivity contribution < 1.29 is 33.4 Å². The summed E-state index contributed by atoms with van der Waals surface area (Å²) in [5, 5.41) is 6.68. The average Bonchev–Trinajstić information content (AvgIpc) is 3.64. The fourth-order valence-corrected chi connectivity index (χ4v) is 8.06. The van der Waals surface area contributed by atoms with Crippen LogP contribution < -0.4 is 15.4 Å². The number of halogens is 2. The van der Waals surface area contributed by atoms with Crippen LogP contribution in [-0.2, 0) is 55.3 Å². The van der Waals surface area contributed by atoms with E-state index in [0.717, 1.165) is 22.6 Å². The Morgan fingerprint density at radius 3 is 2.23 bits per heavy atom. The molecule has 2 heterocycles. The zero-order valence-corrected chi connectivity index (χ0v) is 40.6. The van der Waals surface area contributed by atoms with Crippen LogP contribution in [0.5, 0.6) is 11.5 Å². The molecule has 1 aromatic heterocycles. The van der Waals surface area contributed by atoms with E-state index in [4.69, 9.17) is 32.7 Å². The monoisotopic (exact) mass is 944 g/mol. The highest BCUT2D eigenvalue weighted by Gasteiger charge is 2.36. The average molecular weight is 946 g/mol. The van der Waals surface area contributed by atoms with Crippen molar-refractivity contribution in [3.05, 3.63) is 113 Å². The highest BCUT2D eigenvalue weighted by Crippen LogP contribution is 2.32. The van der Waals surface area contributed by atoms with Gasteiger partial charge in [-0.1, -0.05) is 47.5 Å². The van der Waals surface area contributed by atoms with Gasteiger partial charge in [0.05, 0.1) is 37.5 Å². The van der Waals surface area contributed by atoms with E-state index in [1.807, 2.05) is 68.3 Å². The summed E-state index contributed by atoms with van der Waals surface area (Å²) in [7, 11) is 10.6. The molecular formula is C49H62Cl2N8O7. The van der Waals surface area contributed by atoms with Crippen LogP contribution in [0.4, 0.5) is 0 Å². The molecule has 0 spiro atoms. The van der Waals surface area contributed by atoms with E-state index in [2.05, 4.69) is 27.1 Å². The van der Waals surface area contributed by atoms with E-state index in [0.29, 0.717) is 40.1 Å². The summed E-state index contributed by atoms with van der Waals surface area (Å²) < 4.78 is 13.9. The SMILES string of the molecule is C=CC[C@@H]1CC(=O)N(Cc2ccc(Cl)cc2Oc2ccc(-c3cnc(CN(C)C)n3C)cc2)[C@@H](C)C(=O)N[C@@H](COC)C(=O)N(C)[C@@H](Cc2ccc(Cl)cc2)CC(=O)NC[C@H](C)N(C)C1=O. The Balaban J connectivity index is 1.49. The van der Waals surface area contributed by atoms with Crippen LogP contribution in [-0.4, -0.2) is 131 Å². The number of ether oxygens (including phenoxy) is 2. The van der Waals surface area contributed by atoms with E-state index in [-0.39, 0.29) is 50.8 Å². The number of hydrogen-bond donors (Lipinski definition) is 2. The predicted molar refractivity (Wildman–Crippen MR) is 256 cm³/mol. The van der Waals surface area contributed by atoms with Crippen LogP contribution in [0.1, 0.15) is 50.1 Å². The molecule has 4 aromatic rings. The summed E-state index contributed by atoms with van der Waals surface area (Å²) in [5.74, 6) is -1.38. The quantitative estimate of drug-likeness (QED) is 0.151. The molecule has 1 saturated heterocycles. The molecular weight excluding hydrogens is 883 g/mol. The lowest BCUT2D eigenvalue weighted by molar-refractivity contribution is -0.146. The summed E-state index contributed by atoms with van der Waals surface area (Å²) in [6.45, 7) is 7.71. The first-order valence-corrected chi connectivity index (χ1v) is 22.6. The highest BCUT2D eigenvalue weighted by molar-refractivity contribution is 6.31. The lowest BCUT2D eigenvalue weighted by Crippen LogP contribution is -2.57. The largest absolute Gasteiger partial charge is 0.457 e. The Morgan fingerprint density at radius 2 is 1.58 bits per heavy atom. The van der Waals surface area contributed by atoms with Crippen LogP contribution in [0, 0.1) is 5.92 Å². The smallest absolute Gasteiger partial charge is 0.247 e. The van der Waals surface area contributed by atoms with Gasteiger partial charge in [0.25, 0.3) is 0 Å². The van der Waals surface area contributed by atoms with Crippen molar-refractivity contribution in [2.45, 2.75) is 76.8 Å². The number of allylic oxidation sites excluding steroid dienone is 1. The normalized spacial score (nSPS) is 20.8. The first-order chi connectivity index (χ1) is 31.4. The predicted octanol–water partition coefficient (Wildman–Crippen LogP) is 6.12. The minimum atomic E-state index is -1.19. The van der Waals surface area contributed by atoms with Gasteiger partial charge in [-0.25, -0.2) is 4.98 Å². The molecule has 5 amide bonds. The lowest BCUT2D eigenvalue weighted by Gasteiger charge is -2.35. The second-order valence-electron chi connectivity index (χ2n) is 17.1. The van der Waals surface area contributed by atoms with Crippen LogP contribution in [0.2, 0.25) is 10.0 Å². The molecule has 1 fully saturated rings. The van der Waals surface area contributed by atoms with E-state index >= 15 is 0 Å². The molecule has 2 N–H and O–H groups in total. The van der Waals surface area contributed by atoms with Crippen molar-refractivity contribution in [2.75, 3.05) is 48.5 Å². The molecule has 1 aliphatic heterocycles. The van der Waals surface area contributed by atoms with E-state index < -0.39 is 47.8 Å². The first kappa shape index (κ1) is 51.2. The molecule has 17 heteroatoms. The minimum absolute atomic E-state index is 0.0708. The third-order valence-electron chi connectivity index (χ3n) is 11.9. The molecule has 354 valence electrons. The van der Waals surface area contributed by atoms with Gasteiger partial charge in [-0.05, 0) is 94.9 Å². The van der Waals surface area contributed by atoms with Gasteiger partial charge in [0, 0.05) is 80.9 Å². The highest BCUT2D eigenvalue weighted by atomic mass is 35.5. The van der Waals surface area contributed by atoms with Crippen molar-refractivity contribution in [1.82, 2.24) is 39.8 Å². The molecule has 15 nitrogen and oxygen atoms in total. The molecule has 0 unspecified atom stereocenters. The van der Waals surface area contributed by atoms with Gasteiger partial charge in [-0.15, -0.1) is 6.58 Å². The minimum Gasteiger partial charge on any atom is -0.457 e. The molecule has 0 bridgehead atoms. The summed E-state index contributed by atoms with van der Waals surface area (Å²) in [6.07, 6.45) is 3.55. The zero-order chi connectivity index (χ0) is 48.2. The number of hydrogen-bond acceptors (Lipinski definition) is 9. The molecule has 0 saturated carbocycles. The number of imidazole rings is 1. The number of carbonyl (C=O) groups is 5. The third kappa shape index (κ3) is 13.4. The fraction of sp³-hybridized carbons (Fsp3) is 0.429. The third-order valence-corrected chi connectivity index (χ3v) is 12.4. The van der Waals surface area contributed by atoms with Gasteiger partial charge in [-0.2, -0.15) is 0 Å². The number of likely N-dealkylation sites (N-methyl/N-ethyl adjacent to an activating group) is 2. The van der Waals surface area contributed by atoms with Gasteiger partial charge in [0.2, 0.25) is 29.5 Å². The number of aromatic nitrogens is 2. The second kappa shape index (κ2) is 23.6. The van der Waals surface area contributed by atoms with Crippen molar-refractivity contribution >= 4 is 52.7 Å². The van der Waals surface area contributed by atoms with Crippen LogP contribution in [0.25, 0.3) is 11.3 Å². The second-order valence-corrected chi connectivity index (χ2v) is 18.0. The molecule has 0 aliphatic carbocycles. The summed E-state index contributed by atoms with van der Waals surface area (Å²) in [5.41, 5.74) is 3.24. The molecule has 1 aliphatic rings. The van der Waals surface area contributed by atoms with Crippen molar-refractivity contribution in [2.24, 2.45) is 13.0 Å². The van der Waals surface area contributed by atoms with Gasteiger partial charge in [-0.3, -0.25) is 24.0 Å². The summed E-state index contributed by atoms with van der Waals surface area (Å²) >= 11 is 12.7. The maximum absolute atomic E-state index is 14.7. The Hall–Kier alpha value is -5.74. The van der Waals surface area contributed by atoms with E-state index in [1.165, 1.54) is 21.8 Å². The first-order valence-electron chi connectivity index (χ1n) is 21.9. The number of nitrogens with one attached hydrogen (secondary N) is 2. The van der Waals surface area contributed by atoms with Gasteiger partial charge in [0.15, 0.2) is 0 Å². The van der Waals surface area contributed by atoms with Crippen molar-refractivity contribution in [3.8, 4) is 22.8 Å². The van der Waals surface area contributed by atoms with E-state index in [9.17, 15) is 24.0 Å². The molecule has 5 rings (SSSR count). The Bertz CT molecular complexity index is 2340. The van der Waals surface area contributed by atoms with Crippen LogP contribution in [0.3, 0.4) is 0 Å². The fourth-order valence-electron chi connectivity index (χ4n) is 7.78. The Labute approximate surface area is 398 Å².